The van der Waals surface area contributed by atoms with E-state index in [9.17, 15) is 27.6 Å². The molecule has 0 bridgehead atoms. The lowest BCUT2D eigenvalue weighted by Crippen LogP contribution is -2.33. The van der Waals surface area contributed by atoms with E-state index in [4.69, 9.17) is 0 Å². The number of hydrogen-bond acceptors (Lipinski definition) is 3. The standard InChI is InChI=1S/C22H19F3N2O3/c23-22(24,25)16-10-4-5-11-17(16)26-19(28)15-9-3-6-12-18(15)27-20(29)13-7-1-2-8-14(13)21(27)30/h3-6,9-14H,1-2,7-8H2,(H,26,28)/t13-,14+. The van der Waals surface area contributed by atoms with Crippen LogP contribution in [0.4, 0.5) is 24.5 Å². The molecule has 2 atom stereocenters. The number of benzene rings is 2. The van der Waals surface area contributed by atoms with Crippen molar-refractivity contribution in [3.8, 4) is 0 Å². The number of imide groups is 1. The second kappa shape index (κ2) is 7.59. The number of carbonyl (C=O) groups is 3. The Hall–Kier alpha value is -3.16. The molecule has 3 amide bonds. The van der Waals surface area contributed by atoms with Gasteiger partial charge in [0, 0.05) is 0 Å². The van der Waals surface area contributed by atoms with Gasteiger partial charge >= 0.3 is 6.18 Å². The summed E-state index contributed by atoms with van der Waals surface area (Å²) in [5.41, 5.74) is -1.30. The molecule has 1 saturated carbocycles. The number of anilines is 2. The van der Waals surface area contributed by atoms with E-state index in [0.29, 0.717) is 12.8 Å². The third-order valence-electron chi connectivity index (χ3n) is 5.71. The Kier molecular flexibility index (Phi) is 5.09. The van der Waals surface area contributed by atoms with Gasteiger partial charge in [-0.05, 0) is 37.1 Å². The zero-order valence-electron chi connectivity index (χ0n) is 15.9. The maximum absolute atomic E-state index is 13.2. The molecule has 0 aromatic heterocycles. The van der Waals surface area contributed by atoms with Gasteiger partial charge in [-0.1, -0.05) is 37.1 Å². The van der Waals surface area contributed by atoms with Crippen molar-refractivity contribution in [3.63, 3.8) is 0 Å². The average Bonchev–Trinajstić information content (AvgIpc) is 2.98. The van der Waals surface area contributed by atoms with E-state index in [-0.39, 0.29) is 23.1 Å². The van der Waals surface area contributed by atoms with Crippen molar-refractivity contribution in [3.05, 3.63) is 59.7 Å². The second-order valence-electron chi connectivity index (χ2n) is 7.52. The minimum absolute atomic E-state index is 0.0326. The summed E-state index contributed by atoms with van der Waals surface area (Å²) < 4.78 is 39.7. The molecule has 2 fully saturated rings. The zero-order valence-corrected chi connectivity index (χ0v) is 15.9. The van der Waals surface area contributed by atoms with E-state index in [2.05, 4.69) is 5.32 Å². The first-order chi connectivity index (χ1) is 14.3. The number of fused-ring (bicyclic) bond motifs is 1. The minimum atomic E-state index is -4.64. The zero-order chi connectivity index (χ0) is 21.5. The number of nitrogens with one attached hydrogen (secondary N) is 1. The molecule has 0 unspecified atom stereocenters. The van der Waals surface area contributed by atoms with Gasteiger partial charge in [-0.15, -0.1) is 0 Å². The molecule has 0 radical (unpaired) electrons. The Labute approximate surface area is 170 Å². The summed E-state index contributed by atoms with van der Waals surface area (Å²) in [4.78, 5) is 39.7. The van der Waals surface area contributed by atoms with Crippen molar-refractivity contribution in [1.82, 2.24) is 0 Å². The van der Waals surface area contributed by atoms with E-state index < -0.39 is 35.2 Å². The van der Waals surface area contributed by atoms with Gasteiger partial charge in [0.15, 0.2) is 0 Å². The summed E-state index contributed by atoms with van der Waals surface area (Å²) in [7, 11) is 0. The molecule has 1 N–H and O–H groups in total. The first-order valence-electron chi connectivity index (χ1n) is 9.73. The molecule has 0 spiro atoms. The lowest BCUT2D eigenvalue weighted by molar-refractivity contribution is -0.137. The Morgan fingerprint density at radius 1 is 0.900 bits per heavy atom. The van der Waals surface area contributed by atoms with Crippen molar-refractivity contribution in [2.75, 3.05) is 10.2 Å². The molecule has 30 heavy (non-hydrogen) atoms. The van der Waals surface area contributed by atoms with Crippen LogP contribution in [0, 0.1) is 11.8 Å². The van der Waals surface area contributed by atoms with Crippen LogP contribution in [-0.4, -0.2) is 17.7 Å². The summed E-state index contributed by atoms with van der Waals surface area (Å²) in [5.74, 6) is -2.30. The largest absolute Gasteiger partial charge is 0.418 e. The molecule has 1 aliphatic heterocycles. The van der Waals surface area contributed by atoms with E-state index in [1.807, 2.05) is 0 Å². The highest BCUT2D eigenvalue weighted by Gasteiger charge is 2.49. The lowest BCUT2D eigenvalue weighted by atomic mass is 9.81. The number of amides is 3. The third kappa shape index (κ3) is 3.46. The van der Waals surface area contributed by atoms with Gasteiger partial charge in [-0.3, -0.25) is 14.4 Å². The highest BCUT2D eigenvalue weighted by atomic mass is 19.4. The molecule has 1 saturated heterocycles. The second-order valence-corrected chi connectivity index (χ2v) is 7.52. The van der Waals surface area contributed by atoms with Crippen LogP contribution in [0.5, 0.6) is 0 Å². The third-order valence-corrected chi connectivity index (χ3v) is 5.71. The number of para-hydroxylation sites is 2. The maximum atomic E-state index is 13.2. The first kappa shape index (κ1) is 20.1. The quantitative estimate of drug-likeness (QED) is 0.742. The molecule has 1 aliphatic carbocycles. The molecule has 8 heteroatoms. The molecule has 5 nitrogen and oxygen atoms in total. The number of rotatable bonds is 3. The SMILES string of the molecule is O=C(Nc1ccccc1C(F)(F)F)c1ccccc1N1C(=O)[C@H]2CCCC[C@H]2C1=O. The van der Waals surface area contributed by atoms with Crippen LogP contribution in [0.3, 0.4) is 0 Å². The van der Waals surface area contributed by atoms with Gasteiger partial charge in [0.1, 0.15) is 0 Å². The predicted molar refractivity (Wildman–Crippen MR) is 104 cm³/mol. The fraction of sp³-hybridized carbons (Fsp3) is 0.318. The monoisotopic (exact) mass is 416 g/mol. The Morgan fingerprint density at radius 2 is 1.47 bits per heavy atom. The van der Waals surface area contributed by atoms with E-state index in [1.165, 1.54) is 30.3 Å². The number of nitrogens with zero attached hydrogens (tertiary/aromatic N) is 1. The van der Waals surface area contributed by atoms with Crippen molar-refractivity contribution in [2.24, 2.45) is 11.8 Å². The minimum Gasteiger partial charge on any atom is -0.321 e. The molecule has 2 aromatic carbocycles. The summed E-state index contributed by atoms with van der Waals surface area (Å²) in [6.07, 6.45) is -1.66. The summed E-state index contributed by atoms with van der Waals surface area (Å²) in [5, 5.41) is 2.28. The summed E-state index contributed by atoms with van der Waals surface area (Å²) >= 11 is 0. The van der Waals surface area contributed by atoms with Crippen LogP contribution in [0.2, 0.25) is 0 Å². The molecule has 2 aliphatic rings. The van der Waals surface area contributed by atoms with E-state index in [0.717, 1.165) is 29.9 Å². The van der Waals surface area contributed by atoms with Crippen LogP contribution in [0.25, 0.3) is 0 Å². The van der Waals surface area contributed by atoms with Crippen LogP contribution < -0.4 is 10.2 Å². The Balaban J connectivity index is 1.67. The molecule has 2 aromatic rings. The number of halogens is 3. The maximum Gasteiger partial charge on any atom is 0.418 e. The number of hydrogen-bond donors (Lipinski definition) is 1. The van der Waals surface area contributed by atoms with Gasteiger partial charge in [0.05, 0.1) is 34.3 Å². The molecule has 1 heterocycles. The summed E-state index contributed by atoms with van der Waals surface area (Å²) in [6, 6.07) is 10.6. The van der Waals surface area contributed by atoms with Crippen molar-refractivity contribution >= 4 is 29.1 Å². The molecular formula is C22H19F3N2O3. The molecular weight excluding hydrogens is 397 g/mol. The Morgan fingerprint density at radius 3 is 2.10 bits per heavy atom. The van der Waals surface area contributed by atoms with Crippen LogP contribution in [0.15, 0.2) is 48.5 Å². The van der Waals surface area contributed by atoms with Gasteiger partial charge in [0.25, 0.3) is 5.91 Å². The van der Waals surface area contributed by atoms with Gasteiger partial charge in [0.2, 0.25) is 11.8 Å². The summed E-state index contributed by atoms with van der Waals surface area (Å²) in [6.45, 7) is 0. The topological polar surface area (TPSA) is 66.5 Å². The Bertz CT molecular complexity index is 995. The average molecular weight is 416 g/mol. The van der Waals surface area contributed by atoms with Crippen LogP contribution in [-0.2, 0) is 15.8 Å². The van der Waals surface area contributed by atoms with E-state index >= 15 is 0 Å². The number of alkyl halides is 3. The fourth-order valence-corrected chi connectivity index (χ4v) is 4.29. The normalized spacial score (nSPS) is 21.5. The number of carbonyl (C=O) groups excluding carboxylic acids is 3. The lowest BCUT2D eigenvalue weighted by Gasteiger charge is -2.19. The van der Waals surface area contributed by atoms with Crippen LogP contribution in [0.1, 0.15) is 41.6 Å². The van der Waals surface area contributed by atoms with Gasteiger partial charge < -0.3 is 5.32 Å². The highest BCUT2D eigenvalue weighted by molar-refractivity contribution is 6.24. The predicted octanol–water partition coefficient (Wildman–Crippen LogP) is 4.64. The molecule has 4 rings (SSSR count). The van der Waals surface area contributed by atoms with Crippen molar-refractivity contribution in [1.29, 1.82) is 0 Å². The van der Waals surface area contributed by atoms with Crippen molar-refractivity contribution in [2.45, 2.75) is 31.9 Å². The van der Waals surface area contributed by atoms with Crippen molar-refractivity contribution < 1.29 is 27.6 Å². The first-order valence-corrected chi connectivity index (χ1v) is 9.73. The smallest absolute Gasteiger partial charge is 0.321 e. The fourth-order valence-electron chi connectivity index (χ4n) is 4.29. The van der Waals surface area contributed by atoms with Gasteiger partial charge in [-0.2, -0.15) is 13.2 Å². The van der Waals surface area contributed by atoms with Gasteiger partial charge in [-0.25, -0.2) is 4.90 Å². The van der Waals surface area contributed by atoms with Crippen LogP contribution >= 0.6 is 0 Å². The molecule has 156 valence electrons. The highest BCUT2D eigenvalue weighted by Crippen LogP contribution is 2.41. The van der Waals surface area contributed by atoms with E-state index in [1.54, 1.807) is 6.07 Å².